The Labute approximate surface area is 164 Å². The number of fused-ring (bicyclic) bond motifs is 1. The van der Waals surface area contributed by atoms with Crippen LogP contribution in [0.2, 0.25) is 0 Å². The van der Waals surface area contributed by atoms with Crippen LogP contribution in [0, 0.1) is 11.6 Å². The molecule has 1 N–H and O–H groups in total. The maximum absolute atomic E-state index is 13.8. The Morgan fingerprint density at radius 1 is 1.14 bits per heavy atom. The molecular weight excluding hydrogens is 408 g/mol. The minimum absolute atomic E-state index is 0.00821. The molecule has 0 aliphatic carbocycles. The molecular formula is C18H13F2N3O5S. The molecule has 4 rings (SSSR count). The first-order valence-corrected chi connectivity index (χ1v) is 9.61. The van der Waals surface area contributed by atoms with Crippen molar-refractivity contribution in [2.24, 2.45) is 4.40 Å². The minimum atomic E-state index is -4.21. The lowest BCUT2D eigenvalue weighted by molar-refractivity contribution is -0.113. The lowest BCUT2D eigenvalue weighted by atomic mass is 10.1. The molecule has 0 bridgehead atoms. The van der Waals surface area contributed by atoms with Gasteiger partial charge in [-0.05, 0) is 36.4 Å². The molecule has 0 radical (unpaired) electrons. The molecule has 29 heavy (non-hydrogen) atoms. The summed E-state index contributed by atoms with van der Waals surface area (Å²) in [6, 6.07) is 7.30. The zero-order chi connectivity index (χ0) is 20.8. The Hall–Kier alpha value is -3.47. The number of halogens is 2. The molecule has 0 saturated carbocycles. The number of amides is 1. The molecule has 2 aliphatic rings. The number of rotatable bonds is 3. The highest BCUT2D eigenvalue weighted by molar-refractivity contribution is 7.88. The first-order chi connectivity index (χ1) is 13.7. The molecule has 2 aromatic carbocycles. The van der Waals surface area contributed by atoms with Crippen LogP contribution in [0.4, 0.5) is 14.5 Å². The minimum Gasteiger partial charge on any atom is -0.454 e. The van der Waals surface area contributed by atoms with Crippen molar-refractivity contribution < 1.29 is 31.5 Å². The van der Waals surface area contributed by atoms with E-state index in [0.29, 0.717) is 27.4 Å². The van der Waals surface area contributed by atoms with Gasteiger partial charge in [0, 0.05) is 18.7 Å². The summed E-state index contributed by atoms with van der Waals surface area (Å²) in [6.45, 7) is 0.0407. The number of anilines is 1. The van der Waals surface area contributed by atoms with Crippen molar-refractivity contribution in [3.05, 3.63) is 65.4 Å². The maximum Gasteiger partial charge on any atom is 0.345 e. The van der Waals surface area contributed by atoms with Crippen molar-refractivity contribution in [2.45, 2.75) is 0 Å². The molecule has 0 atom stereocenters. The van der Waals surface area contributed by atoms with Crippen LogP contribution in [-0.4, -0.2) is 38.2 Å². The average Bonchev–Trinajstić information content (AvgIpc) is 3.13. The summed E-state index contributed by atoms with van der Waals surface area (Å²) in [4.78, 5) is 12.6. The third-order valence-corrected chi connectivity index (χ3v) is 5.57. The number of carbonyl (C=O) groups is 1. The quantitative estimate of drug-likeness (QED) is 0.820. The maximum atomic E-state index is 13.8. The Morgan fingerprint density at radius 3 is 2.66 bits per heavy atom. The van der Waals surface area contributed by atoms with Gasteiger partial charge >= 0.3 is 10.2 Å². The molecule has 8 nitrogen and oxygen atoms in total. The number of allylic oxidation sites excluding steroid dienone is 1. The Kier molecular flexibility index (Phi) is 4.46. The van der Waals surface area contributed by atoms with Crippen LogP contribution in [0.25, 0.3) is 0 Å². The van der Waals surface area contributed by atoms with Crippen LogP contribution < -0.4 is 14.8 Å². The predicted molar refractivity (Wildman–Crippen MR) is 98.9 cm³/mol. The Bertz CT molecular complexity index is 1190. The van der Waals surface area contributed by atoms with E-state index < -0.39 is 27.8 Å². The van der Waals surface area contributed by atoms with E-state index in [1.165, 1.54) is 12.1 Å². The second-order valence-corrected chi connectivity index (χ2v) is 7.72. The van der Waals surface area contributed by atoms with E-state index in [-0.39, 0.29) is 23.9 Å². The Balaban J connectivity index is 1.70. The van der Waals surface area contributed by atoms with Gasteiger partial charge in [0.05, 0.1) is 11.4 Å². The number of hydrogen-bond donors (Lipinski definition) is 1. The van der Waals surface area contributed by atoms with E-state index in [0.717, 1.165) is 19.2 Å². The molecule has 150 valence electrons. The molecule has 1 amide bonds. The summed E-state index contributed by atoms with van der Waals surface area (Å²) in [7, 11) is -3.07. The fourth-order valence-electron chi connectivity index (χ4n) is 2.73. The number of nitrogens with zero attached hydrogens (tertiary/aromatic N) is 2. The largest absolute Gasteiger partial charge is 0.454 e. The molecule has 2 aromatic rings. The second kappa shape index (κ2) is 6.85. The van der Waals surface area contributed by atoms with Crippen LogP contribution in [0.15, 0.2) is 52.6 Å². The van der Waals surface area contributed by atoms with Gasteiger partial charge in [-0.2, -0.15) is 8.42 Å². The molecule has 0 unspecified atom stereocenters. The number of ether oxygens (including phenoxy) is 2. The summed E-state index contributed by atoms with van der Waals surface area (Å²) >= 11 is 0. The van der Waals surface area contributed by atoms with Crippen molar-refractivity contribution in [1.82, 2.24) is 4.31 Å². The summed E-state index contributed by atoms with van der Waals surface area (Å²) in [6.07, 6.45) is 1.25. The lowest BCUT2D eigenvalue weighted by Crippen LogP contribution is -2.35. The normalized spacial score (nSPS) is 16.9. The van der Waals surface area contributed by atoms with Crippen LogP contribution >= 0.6 is 0 Å². The monoisotopic (exact) mass is 421 g/mol. The molecule has 0 spiro atoms. The van der Waals surface area contributed by atoms with Crippen LogP contribution in [-0.2, 0) is 15.0 Å². The molecule has 2 heterocycles. The van der Waals surface area contributed by atoms with Gasteiger partial charge in [-0.15, -0.1) is 4.40 Å². The summed E-state index contributed by atoms with van der Waals surface area (Å²) in [5.74, 6) is -1.80. The predicted octanol–water partition coefficient (Wildman–Crippen LogP) is 2.20. The topological polar surface area (TPSA) is 97.3 Å². The standard InChI is InChI=1S/C18H13F2N3O5S/c1-23-15(18(24)21-13-4-3-11(19)7-12(13)20)8-14(22-29(23,25)26)10-2-5-16-17(6-10)28-9-27-16/h2-8H,9H2,1H3,(H,21,24). The van der Waals surface area contributed by atoms with Gasteiger partial charge in [0.15, 0.2) is 11.5 Å². The van der Waals surface area contributed by atoms with Crippen molar-refractivity contribution in [3.8, 4) is 11.5 Å². The smallest absolute Gasteiger partial charge is 0.345 e. The van der Waals surface area contributed by atoms with E-state index >= 15 is 0 Å². The fraction of sp³-hybridized carbons (Fsp3) is 0.111. The highest BCUT2D eigenvalue weighted by atomic mass is 32.2. The first-order valence-electron chi connectivity index (χ1n) is 8.21. The number of nitrogens with one attached hydrogen (secondary N) is 1. The van der Waals surface area contributed by atoms with Crippen molar-refractivity contribution in [2.75, 3.05) is 19.2 Å². The lowest BCUT2D eigenvalue weighted by Gasteiger charge is -2.23. The molecule has 0 aromatic heterocycles. The zero-order valence-electron chi connectivity index (χ0n) is 14.8. The van der Waals surface area contributed by atoms with E-state index in [9.17, 15) is 22.0 Å². The van der Waals surface area contributed by atoms with Gasteiger partial charge in [-0.1, -0.05) is 0 Å². The molecule has 0 saturated heterocycles. The number of carbonyl (C=O) groups excluding carboxylic acids is 1. The first kappa shape index (κ1) is 18.9. The third kappa shape index (κ3) is 3.51. The van der Waals surface area contributed by atoms with E-state index in [1.807, 2.05) is 0 Å². The SMILES string of the molecule is CN1C(C(=O)Nc2ccc(F)cc2F)=CC(c2ccc3c(c2)OCO3)=NS1(=O)=O. The van der Waals surface area contributed by atoms with Crippen LogP contribution in [0.1, 0.15) is 5.56 Å². The number of benzene rings is 2. The van der Waals surface area contributed by atoms with E-state index in [2.05, 4.69) is 9.71 Å². The van der Waals surface area contributed by atoms with E-state index in [1.54, 1.807) is 12.1 Å². The van der Waals surface area contributed by atoms with Gasteiger partial charge in [-0.25, -0.2) is 13.1 Å². The Morgan fingerprint density at radius 2 is 1.90 bits per heavy atom. The molecule has 11 heteroatoms. The van der Waals surface area contributed by atoms with Crippen molar-refractivity contribution in [1.29, 1.82) is 0 Å². The van der Waals surface area contributed by atoms with Crippen LogP contribution in [0.5, 0.6) is 11.5 Å². The number of hydrogen-bond acceptors (Lipinski definition) is 5. The van der Waals surface area contributed by atoms with Crippen molar-refractivity contribution in [3.63, 3.8) is 0 Å². The highest BCUT2D eigenvalue weighted by Gasteiger charge is 2.31. The van der Waals surface area contributed by atoms with Gasteiger partial charge < -0.3 is 14.8 Å². The second-order valence-electron chi connectivity index (χ2n) is 6.10. The van der Waals surface area contributed by atoms with Gasteiger partial charge in [0.25, 0.3) is 5.91 Å². The average molecular weight is 421 g/mol. The van der Waals surface area contributed by atoms with E-state index in [4.69, 9.17) is 9.47 Å². The van der Waals surface area contributed by atoms with Gasteiger partial charge in [0.1, 0.15) is 17.3 Å². The summed E-state index contributed by atoms with van der Waals surface area (Å²) in [5, 5.41) is 2.23. The van der Waals surface area contributed by atoms with Gasteiger partial charge in [0.2, 0.25) is 6.79 Å². The number of likely N-dealkylation sites (N-methyl/N-ethyl adjacent to an activating group) is 1. The fourth-order valence-corrected chi connectivity index (χ4v) is 3.65. The summed E-state index contributed by atoms with van der Waals surface area (Å²) in [5.41, 5.74) is -0.220. The molecule has 2 aliphatic heterocycles. The third-order valence-electron chi connectivity index (χ3n) is 4.25. The summed E-state index contributed by atoms with van der Waals surface area (Å²) < 4.78 is 66.6. The highest BCUT2D eigenvalue weighted by Crippen LogP contribution is 2.33. The molecule has 0 fully saturated rings. The van der Waals surface area contributed by atoms with Gasteiger partial charge in [-0.3, -0.25) is 4.79 Å². The van der Waals surface area contributed by atoms with Crippen LogP contribution in [0.3, 0.4) is 0 Å². The van der Waals surface area contributed by atoms with Crippen molar-refractivity contribution >= 4 is 27.5 Å². The zero-order valence-corrected chi connectivity index (χ0v) is 15.7.